The highest BCUT2D eigenvalue weighted by molar-refractivity contribution is 5.94. The van der Waals surface area contributed by atoms with Crippen molar-refractivity contribution < 1.29 is 14.5 Å². The van der Waals surface area contributed by atoms with Gasteiger partial charge in [-0.3, -0.25) is 14.7 Å². The third-order valence-corrected chi connectivity index (χ3v) is 4.87. The second-order valence-electron chi connectivity index (χ2n) is 8.21. The number of fused-ring (bicyclic) bond motifs is 3. The Kier molecular flexibility index (Phi) is 4.57. The number of hydrogen-bond donors (Lipinski definition) is 1. The molecule has 1 aromatic heterocycles. The number of non-ortho nitro benzene ring substituents is 1. The summed E-state index contributed by atoms with van der Waals surface area (Å²) in [6.07, 6.45) is 0. The van der Waals surface area contributed by atoms with Crippen LogP contribution in [-0.4, -0.2) is 26.0 Å². The second kappa shape index (κ2) is 6.98. The fourth-order valence-corrected chi connectivity index (χ4v) is 3.66. The van der Waals surface area contributed by atoms with Crippen LogP contribution in [0.15, 0.2) is 59.8 Å². The van der Waals surface area contributed by atoms with Gasteiger partial charge in [0.25, 0.3) is 5.69 Å². The number of rotatable bonds is 3. The first-order chi connectivity index (χ1) is 14.2. The number of allylic oxidation sites excluding steroid dienone is 1. The van der Waals surface area contributed by atoms with Crippen LogP contribution in [0, 0.1) is 10.1 Å². The molecule has 8 heteroatoms. The van der Waals surface area contributed by atoms with E-state index in [-0.39, 0.29) is 5.69 Å². The van der Waals surface area contributed by atoms with Crippen LogP contribution in [0.5, 0.6) is 0 Å². The fraction of sp³-hybridized carbons (Fsp3) is 0.273. The lowest BCUT2D eigenvalue weighted by Crippen LogP contribution is -2.32. The van der Waals surface area contributed by atoms with Crippen molar-refractivity contribution in [1.29, 1.82) is 0 Å². The van der Waals surface area contributed by atoms with E-state index in [0.29, 0.717) is 17.2 Å². The van der Waals surface area contributed by atoms with Gasteiger partial charge >= 0.3 is 5.97 Å². The van der Waals surface area contributed by atoms with E-state index in [4.69, 9.17) is 4.74 Å². The molecule has 0 bridgehead atoms. The SMILES string of the molecule is CC1=C(C(=O)OC(C)(C)C)C(c2ccc([N+](=O)[O-])cc2)n2c(nc3ccccc32)N1. The molecule has 154 valence electrons. The summed E-state index contributed by atoms with van der Waals surface area (Å²) < 4.78 is 7.62. The first-order valence-electron chi connectivity index (χ1n) is 9.58. The fourth-order valence-electron chi connectivity index (χ4n) is 3.66. The van der Waals surface area contributed by atoms with Crippen molar-refractivity contribution in [3.8, 4) is 0 Å². The quantitative estimate of drug-likeness (QED) is 0.388. The van der Waals surface area contributed by atoms with Crippen molar-refractivity contribution in [3.63, 3.8) is 0 Å². The van der Waals surface area contributed by atoms with Gasteiger partial charge in [-0.25, -0.2) is 9.78 Å². The molecule has 0 saturated heterocycles. The molecule has 2 heterocycles. The van der Waals surface area contributed by atoms with Crippen molar-refractivity contribution in [1.82, 2.24) is 9.55 Å². The highest BCUT2D eigenvalue weighted by atomic mass is 16.6. The summed E-state index contributed by atoms with van der Waals surface area (Å²) in [4.78, 5) is 28.5. The molecule has 0 amide bonds. The number of ether oxygens (including phenoxy) is 1. The summed E-state index contributed by atoms with van der Waals surface area (Å²) in [5, 5.41) is 14.3. The summed E-state index contributed by atoms with van der Waals surface area (Å²) in [5.74, 6) is 0.156. The van der Waals surface area contributed by atoms with Gasteiger partial charge in [-0.05, 0) is 57.5 Å². The predicted molar refractivity (Wildman–Crippen MR) is 113 cm³/mol. The first kappa shape index (κ1) is 19.6. The number of carbonyl (C=O) groups excluding carboxylic acids is 1. The van der Waals surface area contributed by atoms with Gasteiger partial charge in [0.15, 0.2) is 0 Å². The molecule has 8 nitrogen and oxygen atoms in total. The van der Waals surface area contributed by atoms with E-state index in [9.17, 15) is 14.9 Å². The summed E-state index contributed by atoms with van der Waals surface area (Å²) in [5.41, 5.74) is 2.75. The second-order valence-corrected chi connectivity index (χ2v) is 8.21. The van der Waals surface area contributed by atoms with Crippen LogP contribution in [0.4, 0.5) is 11.6 Å². The van der Waals surface area contributed by atoms with Crippen LogP contribution in [0.3, 0.4) is 0 Å². The number of nitro groups is 1. The van der Waals surface area contributed by atoms with Gasteiger partial charge in [0.2, 0.25) is 5.95 Å². The number of anilines is 1. The average molecular weight is 406 g/mol. The minimum absolute atomic E-state index is 0.0112. The number of nitrogens with zero attached hydrogens (tertiary/aromatic N) is 3. The molecule has 0 fully saturated rings. The molecule has 4 rings (SSSR count). The molecule has 0 radical (unpaired) electrons. The van der Waals surface area contributed by atoms with Crippen LogP contribution in [0.2, 0.25) is 0 Å². The number of para-hydroxylation sites is 2. The molecule has 3 aromatic rings. The molecule has 0 aliphatic carbocycles. The number of imidazole rings is 1. The predicted octanol–water partition coefficient (Wildman–Crippen LogP) is 4.58. The van der Waals surface area contributed by atoms with Gasteiger partial charge in [-0.2, -0.15) is 0 Å². The maximum Gasteiger partial charge on any atom is 0.338 e. The van der Waals surface area contributed by atoms with E-state index in [1.165, 1.54) is 12.1 Å². The van der Waals surface area contributed by atoms with E-state index in [0.717, 1.165) is 16.6 Å². The summed E-state index contributed by atoms with van der Waals surface area (Å²) in [7, 11) is 0. The summed E-state index contributed by atoms with van der Waals surface area (Å²) in [6.45, 7) is 7.25. The number of benzene rings is 2. The van der Waals surface area contributed by atoms with Crippen LogP contribution < -0.4 is 5.32 Å². The van der Waals surface area contributed by atoms with Crippen LogP contribution in [-0.2, 0) is 9.53 Å². The molecule has 0 spiro atoms. The van der Waals surface area contributed by atoms with E-state index < -0.39 is 22.5 Å². The van der Waals surface area contributed by atoms with Gasteiger partial charge in [-0.15, -0.1) is 0 Å². The Morgan fingerprint density at radius 2 is 1.83 bits per heavy atom. The molecule has 1 N–H and O–H groups in total. The minimum Gasteiger partial charge on any atom is -0.456 e. The normalized spacial score (nSPS) is 16.2. The first-order valence-corrected chi connectivity index (χ1v) is 9.58. The Bertz CT molecular complexity index is 1190. The highest BCUT2D eigenvalue weighted by Gasteiger charge is 2.36. The van der Waals surface area contributed by atoms with E-state index in [2.05, 4.69) is 10.3 Å². The van der Waals surface area contributed by atoms with Crippen molar-refractivity contribution in [2.24, 2.45) is 0 Å². The Balaban J connectivity index is 1.92. The number of hydrogen-bond acceptors (Lipinski definition) is 6. The average Bonchev–Trinajstić information content (AvgIpc) is 3.03. The Morgan fingerprint density at radius 3 is 2.47 bits per heavy atom. The molecular weight excluding hydrogens is 384 g/mol. The Morgan fingerprint density at radius 1 is 1.17 bits per heavy atom. The number of nitro benzene ring substituents is 1. The molecule has 1 atom stereocenters. The molecule has 1 aliphatic rings. The van der Waals surface area contributed by atoms with E-state index in [1.807, 2.05) is 49.6 Å². The smallest absolute Gasteiger partial charge is 0.338 e. The zero-order chi connectivity index (χ0) is 21.6. The highest BCUT2D eigenvalue weighted by Crippen LogP contribution is 2.40. The molecule has 2 aromatic carbocycles. The number of carbonyl (C=O) groups is 1. The zero-order valence-electron chi connectivity index (χ0n) is 17.2. The van der Waals surface area contributed by atoms with Gasteiger partial charge in [0.1, 0.15) is 5.60 Å². The lowest BCUT2D eigenvalue weighted by molar-refractivity contribution is -0.384. The zero-order valence-corrected chi connectivity index (χ0v) is 17.2. The molecule has 1 unspecified atom stereocenters. The van der Waals surface area contributed by atoms with Gasteiger partial charge in [0.05, 0.1) is 27.6 Å². The van der Waals surface area contributed by atoms with E-state index in [1.54, 1.807) is 19.1 Å². The summed E-state index contributed by atoms with van der Waals surface area (Å²) in [6, 6.07) is 13.3. The number of nitrogens with one attached hydrogen (secondary N) is 1. The van der Waals surface area contributed by atoms with Gasteiger partial charge < -0.3 is 10.1 Å². The minimum atomic E-state index is -0.665. The number of esters is 1. The van der Waals surface area contributed by atoms with Crippen molar-refractivity contribution in [3.05, 3.63) is 75.5 Å². The molecule has 0 saturated carbocycles. The third-order valence-electron chi connectivity index (χ3n) is 4.87. The monoisotopic (exact) mass is 406 g/mol. The molecule has 30 heavy (non-hydrogen) atoms. The molecule has 1 aliphatic heterocycles. The van der Waals surface area contributed by atoms with Gasteiger partial charge in [0, 0.05) is 17.8 Å². The summed E-state index contributed by atoms with van der Waals surface area (Å²) >= 11 is 0. The largest absolute Gasteiger partial charge is 0.456 e. The topological polar surface area (TPSA) is 99.3 Å². The van der Waals surface area contributed by atoms with Crippen molar-refractivity contribution >= 4 is 28.6 Å². The maximum atomic E-state index is 13.2. The standard InChI is InChI=1S/C22H22N4O4/c1-13-18(20(27)30-22(2,3)4)19(14-9-11-15(12-10-14)26(28)29)25-17-8-6-5-7-16(17)24-21(25)23-13/h5-12,19H,1-4H3,(H,23,24). The third kappa shape index (κ3) is 3.41. The molecular formula is C22H22N4O4. The van der Waals surface area contributed by atoms with E-state index >= 15 is 0 Å². The van der Waals surface area contributed by atoms with Crippen molar-refractivity contribution in [2.45, 2.75) is 39.3 Å². The number of aromatic nitrogens is 2. The lowest BCUT2D eigenvalue weighted by atomic mass is 9.94. The Hall–Kier alpha value is -3.68. The lowest BCUT2D eigenvalue weighted by Gasteiger charge is -2.31. The Labute approximate surface area is 173 Å². The van der Waals surface area contributed by atoms with Crippen molar-refractivity contribution in [2.75, 3.05) is 5.32 Å². The van der Waals surface area contributed by atoms with Crippen LogP contribution in [0.1, 0.15) is 39.3 Å². The van der Waals surface area contributed by atoms with Crippen LogP contribution >= 0.6 is 0 Å². The van der Waals surface area contributed by atoms with Crippen LogP contribution in [0.25, 0.3) is 11.0 Å². The van der Waals surface area contributed by atoms with Gasteiger partial charge in [-0.1, -0.05) is 12.1 Å². The maximum absolute atomic E-state index is 13.2.